The van der Waals surface area contributed by atoms with Gasteiger partial charge in [0, 0.05) is 5.56 Å². The van der Waals surface area contributed by atoms with Crippen LogP contribution < -0.4 is 4.74 Å². The van der Waals surface area contributed by atoms with Gasteiger partial charge in [0.15, 0.2) is 5.78 Å². The first-order valence-electron chi connectivity index (χ1n) is 6.23. The zero-order chi connectivity index (χ0) is 14.5. The van der Waals surface area contributed by atoms with Gasteiger partial charge in [-0.25, -0.2) is 4.39 Å². The summed E-state index contributed by atoms with van der Waals surface area (Å²) in [6, 6.07) is 11.3. The molecule has 0 N–H and O–H groups in total. The maximum Gasteiger partial charge on any atom is 0.185 e. The average molecular weight is 270 g/mol. The molecule has 0 aliphatic heterocycles. The van der Waals surface area contributed by atoms with Crippen LogP contribution in [0.4, 0.5) is 4.39 Å². The first kappa shape index (κ1) is 14.0. The van der Waals surface area contributed by atoms with Crippen molar-refractivity contribution >= 4 is 11.9 Å². The number of rotatable bonds is 4. The topological polar surface area (TPSA) is 26.3 Å². The van der Waals surface area contributed by atoms with E-state index in [1.54, 1.807) is 43.5 Å². The largest absolute Gasteiger partial charge is 0.496 e. The fraction of sp³-hybridized carbons (Fsp3) is 0.118. The molecule has 0 fully saturated rings. The molecular formula is C17H15FO2. The Morgan fingerprint density at radius 2 is 2.00 bits per heavy atom. The lowest BCUT2D eigenvalue weighted by Crippen LogP contribution is -1.96. The summed E-state index contributed by atoms with van der Waals surface area (Å²) in [6.45, 7) is 1.88. The van der Waals surface area contributed by atoms with Gasteiger partial charge >= 0.3 is 0 Å². The van der Waals surface area contributed by atoms with Crippen LogP contribution in [0.1, 0.15) is 21.5 Å². The van der Waals surface area contributed by atoms with Crippen LogP contribution in [0.3, 0.4) is 0 Å². The molecule has 2 nitrogen and oxygen atoms in total. The van der Waals surface area contributed by atoms with E-state index < -0.39 is 0 Å². The molecule has 0 saturated carbocycles. The van der Waals surface area contributed by atoms with Gasteiger partial charge in [-0.15, -0.1) is 0 Å². The van der Waals surface area contributed by atoms with Crippen molar-refractivity contribution in [1.29, 1.82) is 0 Å². The molecule has 0 aromatic heterocycles. The molecule has 102 valence electrons. The van der Waals surface area contributed by atoms with Crippen LogP contribution >= 0.6 is 0 Å². The minimum absolute atomic E-state index is 0.125. The molecule has 0 saturated heterocycles. The highest BCUT2D eigenvalue weighted by Crippen LogP contribution is 2.19. The monoisotopic (exact) mass is 270 g/mol. The van der Waals surface area contributed by atoms with Crippen molar-refractivity contribution in [2.24, 2.45) is 0 Å². The van der Waals surface area contributed by atoms with Crippen LogP contribution in [0.5, 0.6) is 5.75 Å². The van der Waals surface area contributed by atoms with E-state index in [1.807, 2.05) is 6.92 Å². The summed E-state index contributed by atoms with van der Waals surface area (Å²) in [4.78, 5) is 12.0. The van der Waals surface area contributed by atoms with Gasteiger partial charge < -0.3 is 4.74 Å². The highest BCUT2D eigenvalue weighted by atomic mass is 19.1. The molecule has 0 heterocycles. The van der Waals surface area contributed by atoms with E-state index in [-0.39, 0.29) is 11.6 Å². The SMILES string of the molecule is COc1ccc(C(=O)C=Cc2cccc(F)c2)cc1C. The Morgan fingerprint density at radius 1 is 1.20 bits per heavy atom. The standard InChI is InChI=1S/C17H15FO2/c1-12-10-14(7-9-17(12)20-2)16(19)8-6-13-4-3-5-15(18)11-13/h3-11H,1-2H3. The van der Waals surface area contributed by atoms with Gasteiger partial charge in [0.1, 0.15) is 11.6 Å². The summed E-state index contributed by atoms with van der Waals surface area (Å²) in [7, 11) is 1.59. The summed E-state index contributed by atoms with van der Waals surface area (Å²) in [5, 5.41) is 0. The summed E-state index contributed by atoms with van der Waals surface area (Å²) < 4.78 is 18.2. The van der Waals surface area contributed by atoms with Crippen LogP contribution in [-0.2, 0) is 0 Å². The number of carbonyl (C=O) groups excluding carboxylic acids is 1. The van der Waals surface area contributed by atoms with Crippen LogP contribution in [-0.4, -0.2) is 12.9 Å². The zero-order valence-electron chi connectivity index (χ0n) is 11.4. The van der Waals surface area contributed by atoms with E-state index in [4.69, 9.17) is 4.74 Å². The van der Waals surface area contributed by atoms with Gasteiger partial charge in [0.05, 0.1) is 7.11 Å². The lowest BCUT2D eigenvalue weighted by molar-refractivity contribution is 0.104. The van der Waals surface area contributed by atoms with E-state index in [0.29, 0.717) is 11.1 Å². The van der Waals surface area contributed by atoms with Crippen molar-refractivity contribution in [3.8, 4) is 5.75 Å². The molecule has 2 aromatic carbocycles. The third-order valence-electron chi connectivity index (χ3n) is 2.96. The molecular weight excluding hydrogens is 255 g/mol. The summed E-state index contributed by atoms with van der Waals surface area (Å²) >= 11 is 0. The number of ketones is 1. The number of halogens is 1. The molecule has 0 spiro atoms. The lowest BCUT2D eigenvalue weighted by Gasteiger charge is -2.05. The molecule has 0 radical (unpaired) electrons. The highest BCUT2D eigenvalue weighted by molar-refractivity contribution is 6.07. The molecule has 0 aliphatic carbocycles. The normalized spacial score (nSPS) is 10.8. The molecule has 0 atom stereocenters. The van der Waals surface area contributed by atoms with Gasteiger partial charge in [0.2, 0.25) is 0 Å². The Morgan fingerprint density at radius 3 is 2.65 bits per heavy atom. The molecule has 3 heteroatoms. The number of carbonyl (C=O) groups is 1. The van der Waals surface area contributed by atoms with Crippen LogP contribution in [0.15, 0.2) is 48.5 Å². The summed E-state index contributed by atoms with van der Waals surface area (Å²) in [6.07, 6.45) is 3.04. The molecule has 0 amide bonds. The number of hydrogen-bond donors (Lipinski definition) is 0. The summed E-state index contributed by atoms with van der Waals surface area (Å²) in [5.74, 6) is 0.301. The van der Waals surface area contributed by atoms with Crippen LogP contribution in [0.25, 0.3) is 6.08 Å². The Kier molecular flexibility index (Phi) is 4.31. The van der Waals surface area contributed by atoms with Gasteiger partial charge in [-0.05, 0) is 54.5 Å². The molecule has 0 bridgehead atoms. The predicted molar refractivity (Wildman–Crippen MR) is 77.5 cm³/mol. The molecule has 2 aromatic rings. The van der Waals surface area contributed by atoms with E-state index in [2.05, 4.69) is 0 Å². The smallest absolute Gasteiger partial charge is 0.185 e. The van der Waals surface area contributed by atoms with Gasteiger partial charge in [0.25, 0.3) is 0 Å². The van der Waals surface area contributed by atoms with Gasteiger partial charge in [-0.3, -0.25) is 4.79 Å². The second kappa shape index (κ2) is 6.15. The molecule has 2 rings (SSSR count). The Labute approximate surface area is 117 Å². The second-order valence-corrected chi connectivity index (χ2v) is 4.44. The third kappa shape index (κ3) is 3.32. The van der Waals surface area contributed by atoms with Crippen LogP contribution in [0, 0.1) is 12.7 Å². The first-order valence-corrected chi connectivity index (χ1v) is 6.23. The lowest BCUT2D eigenvalue weighted by atomic mass is 10.1. The van der Waals surface area contributed by atoms with Gasteiger partial charge in [-0.1, -0.05) is 18.2 Å². The molecule has 0 aliphatic rings. The molecule has 20 heavy (non-hydrogen) atoms. The predicted octanol–water partition coefficient (Wildman–Crippen LogP) is 4.04. The number of allylic oxidation sites excluding steroid dienone is 1. The minimum atomic E-state index is -0.320. The Hall–Kier alpha value is -2.42. The van der Waals surface area contributed by atoms with Crippen molar-refractivity contribution in [2.75, 3.05) is 7.11 Å². The fourth-order valence-electron chi connectivity index (χ4n) is 1.91. The molecule has 0 unspecified atom stereocenters. The Bertz CT molecular complexity index is 660. The van der Waals surface area contributed by atoms with Crippen molar-refractivity contribution in [1.82, 2.24) is 0 Å². The number of ether oxygens (including phenoxy) is 1. The zero-order valence-corrected chi connectivity index (χ0v) is 11.4. The quantitative estimate of drug-likeness (QED) is 0.619. The van der Waals surface area contributed by atoms with Crippen LogP contribution in [0.2, 0.25) is 0 Å². The number of hydrogen-bond acceptors (Lipinski definition) is 2. The van der Waals surface area contributed by atoms with E-state index in [9.17, 15) is 9.18 Å². The van der Waals surface area contributed by atoms with Crippen molar-refractivity contribution in [3.63, 3.8) is 0 Å². The highest BCUT2D eigenvalue weighted by Gasteiger charge is 2.05. The maximum absolute atomic E-state index is 13.0. The Balaban J connectivity index is 2.18. The first-order chi connectivity index (χ1) is 9.60. The van der Waals surface area contributed by atoms with E-state index >= 15 is 0 Å². The van der Waals surface area contributed by atoms with E-state index in [1.165, 1.54) is 18.2 Å². The number of aryl methyl sites for hydroxylation is 1. The number of benzene rings is 2. The van der Waals surface area contributed by atoms with E-state index in [0.717, 1.165) is 11.3 Å². The van der Waals surface area contributed by atoms with Gasteiger partial charge in [-0.2, -0.15) is 0 Å². The second-order valence-electron chi connectivity index (χ2n) is 4.44. The number of methoxy groups -OCH3 is 1. The third-order valence-corrected chi connectivity index (χ3v) is 2.96. The van der Waals surface area contributed by atoms with Crippen molar-refractivity contribution < 1.29 is 13.9 Å². The fourth-order valence-corrected chi connectivity index (χ4v) is 1.91. The minimum Gasteiger partial charge on any atom is -0.496 e. The van der Waals surface area contributed by atoms with Crippen molar-refractivity contribution in [2.45, 2.75) is 6.92 Å². The average Bonchev–Trinajstić information content (AvgIpc) is 2.44. The maximum atomic E-state index is 13.0. The van der Waals surface area contributed by atoms with Crippen molar-refractivity contribution in [3.05, 3.63) is 71.0 Å². The summed E-state index contributed by atoms with van der Waals surface area (Å²) in [5.41, 5.74) is 2.14.